The molecule has 0 saturated heterocycles. The van der Waals surface area contributed by atoms with Gasteiger partial charge in [-0.2, -0.15) is 0 Å². The minimum Gasteiger partial charge on any atom is -0.508 e. The van der Waals surface area contributed by atoms with Crippen molar-refractivity contribution < 1.29 is 30.0 Å². The van der Waals surface area contributed by atoms with E-state index in [1.807, 2.05) is 0 Å². The number of aliphatic hydroxyl groups excluding tert-OH is 2. The van der Waals surface area contributed by atoms with Crippen molar-refractivity contribution in [2.75, 3.05) is 0 Å². The monoisotopic (exact) mass is 336 g/mol. The SMILES string of the molecule is C[C@H]1CCC[C@H](O)[C@H](O)CCC=Cc2cc(O)cc(O)c2C(=O)O1. The van der Waals surface area contributed by atoms with Gasteiger partial charge in [-0.15, -0.1) is 0 Å². The molecule has 3 atom stereocenters. The number of hydrogen-bond acceptors (Lipinski definition) is 6. The lowest BCUT2D eigenvalue weighted by Crippen LogP contribution is -2.26. The van der Waals surface area contributed by atoms with E-state index in [1.165, 1.54) is 6.07 Å². The summed E-state index contributed by atoms with van der Waals surface area (Å²) in [6, 6.07) is 2.47. The van der Waals surface area contributed by atoms with Crippen molar-refractivity contribution >= 4 is 12.0 Å². The van der Waals surface area contributed by atoms with Crippen LogP contribution in [0.1, 0.15) is 54.9 Å². The Morgan fingerprint density at radius 1 is 1.08 bits per heavy atom. The highest BCUT2D eigenvalue weighted by atomic mass is 16.5. The van der Waals surface area contributed by atoms with E-state index in [2.05, 4.69) is 0 Å². The summed E-state index contributed by atoms with van der Waals surface area (Å²) < 4.78 is 5.35. The lowest BCUT2D eigenvalue weighted by molar-refractivity contribution is 0.00511. The van der Waals surface area contributed by atoms with Crippen molar-refractivity contribution in [2.24, 2.45) is 0 Å². The second-order valence-electron chi connectivity index (χ2n) is 6.19. The lowest BCUT2D eigenvalue weighted by atomic mass is 10.00. The average Bonchev–Trinajstić information content (AvgIpc) is 2.49. The summed E-state index contributed by atoms with van der Waals surface area (Å²) in [5.74, 6) is -1.15. The van der Waals surface area contributed by atoms with E-state index in [4.69, 9.17) is 4.74 Å². The topological polar surface area (TPSA) is 107 Å². The average molecular weight is 336 g/mol. The van der Waals surface area contributed by atoms with Crippen molar-refractivity contribution in [1.29, 1.82) is 0 Å². The largest absolute Gasteiger partial charge is 0.508 e. The molecule has 1 aromatic rings. The predicted octanol–water partition coefficient (Wildman–Crippen LogP) is 2.34. The van der Waals surface area contributed by atoms with Gasteiger partial charge in [-0.3, -0.25) is 0 Å². The number of rotatable bonds is 0. The molecule has 0 aliphatic carbocycles. The van der Waals surface area contributed by atoms with Gasteiger partial charge in [0.2, 0.25) is 0 Å². The number of carbonyl (C=O) groups excluding carboxylic acids is 1. The molecule has 4 N–H and O–H groups in total. The molecule has 1 heterocycles. The Morgan fingerprint density at radius 2 is 1.79 bits per heavy atom. The summed E-state index contributed by atoms with van der Waals surface area (Å²) in [5.41, 5.74) is 0.352. The van der Waals surface area contributed by atoms with Gasteiger partial charge in [0.05, 0.1) is 18.3 Å². The number of hydrogen-bond donors (Lipinski definition) is 4. The quantitative estimate of drug-likeness (QED) is 0.542. The van der Waals surface area contributed by atoms with Gasteiger partial charge in [0.25, 0.3) is 0 Å². The Balaban J connectivity index is 2.32. The number of carbonyl (C=O) groups is 1. The summed E-state index contributed by atoms with van der Waals surface area (Å²) in [4.78, 5) is 12.3. The number of aromatic hydroxyl groups is 2. The normalized spacial score (nSPS) is 26.3. The molecule has 24 heavy (non-hydrogen) atoms. The summed E-state index contributed by atoms with van der Waals surface area (Å²) in [6.45, 7) is 1.74. The van der Waals surface area contributed by atoms with Crippen LogP contribution in [0.4, 0.5) is 0 Å². The molecule has 0 fully saturated rings. The number of cyclic esters (lactones) is 1. The van der Waals surface area contributed by atoms with E-state index in [1.54, 1.807) is 19.1 Å². The maximum Gasteiger partial charge on any atom is 0.342 e. The predicted molar refractivity (Wildman–Crippen MR) is 88.8 cm³/mol. The molecule has 1 aliphatic heterocycles. The van der Waals surface area contributed by atoms with Crippen LogP contribution >= 0.6 is 0 Å². The first-order valence-corrected chi connectivity index (χ1v) is 8.18. The fourth-order valence-electron chi connectivity index (χ4n) is 2.76. The molecule has 1 aliphatic rings. The first-order chi connectivity index (χ1) is 11.4. The van der Waals surface area contributed by atoms with Gasteiger partial charge < -0.3 is 25.2 Å². The van der Waals surface area contributed by atoms with E-state index in [0.717, 1.165) is 6.07 Å². The van der Waals surface area contributed by atoms with Crippen LogP contribution in [0.5, 0.6) is 11.5 Å². The first-order valence-electron chi connectivity index (χ1n) is 8.18. The van der Waals surface area contributed by atoms with Crippen molar-refractivity contribution in [1.82, 2.24) is 0 Å². The molecule has 0 aromatic heterocycles. The Hall–Kier alpha value is -2.05. The van der Waals surface area contributed by atoms with Crippen LogP contribution in [0.3, 0.4) is 0 Å². The Kier molecular flexibility index (Phi) is 6.23. The van der Waals surface area contributed by atoms with Gasteiger partial charge in [-0.05, 0) is 50.7 Å². The van der Waals surface area contributed by atoms with E-state index < -0.39 is 24.3 Å². The van der Waals surface area contributed by atoms with Crippen LogP contribution in [-0.2, 0) is 4.74 Å². The number of phenolic OH excluding ortho intramolecular Hbond substituents is 2. The van der Waals surface area contributed by atoms with Crippen LogP contribution in [-0.4, -0.2) is 44.7 Å². The summed E-state index contributed by atoms with van der Waals surface area (Å²) >= 11 is 0. The minimum absolute atomic E-state index is 0.00791. The summed E-state index contributed by atoms with van der Waals surface area (Å²) in [5, 5.41) is 39.5. The van der Waals surface area contributed by atoms with E-state index in [9.17, 15) is 25.2 Å². The highest BCUT2D eigenvalue weighted by Crippen LogP contribution is 2.30. The minimum atomic E-state index is -0.813. The molecule has 0 saturated carbocycles. The zero-order chi connectivity index (χ0) is 17.7. The highest BCUT2D eigenvalue weighted by Gasteiger charge is 2.22. The molecular weight excluding hydrogens is 312 g/mol. The number of allylic oxidation sites excluding steroid dienone is 1. The fourth-order valence-corrected chi connectivity index (χ4v) is 2.76. The van der Waals surface area contributed by atoms with Gasteiger partial charge in [0.15, 0.2) is 0 Å². The maximum atomic E-state index is 12.3. The molecule has 0 radical (unpaired) electrons. The smallest absolute Gasteiger partial charge is 0.342 e. The molecule has 0 bridgehead atoms. The first kappa shape index (κ1) is 18.3. The Labute approximate surface area is 141 Å². The van der Waals surface area contributed by atoms with Crippen LogP contribution in [0, 0.1) is 0 Å². The Bertz CT molecular complexity index is 610. The molecule has 0 unspecified atom stereocenters. The van der Waals surface area contributed by atoms with Gasteiger partial charge in [-0.25, -0.2) is 4.79 Å². The third kappa shape index (κ3) is 4.72. The molecular formula is C18H24O6. The van der Waals surface area contributed by atoms with Crippen LogP contribution in [0.15, 0.2) is 18.2 Å². The fraction of sp³-hybridized carbons (Fsp3) is 0.500. The van der Waals surface area contributed by atoms with Crippen LogP contribution in [0.25, 0.3) is 6.08 Å². The van der Waals surface area contributed by atoms with Gasteiger partial charge in [-0.1, -0.05) is 12.2 Å². The van der Waals surface area contributed by atoms with Crippen molar-refractivity contribution in [3.63, 3.8) is 0 Å². The molecule has 0 amide bonds. The van der Waals surface area contributed by atoms with Crippen LogP contribution < -0.4 is 0 Å². The lowest BCUT2D eigenvalue weighted by Gasteiger charge is -2.19. The van der Waals surface area contributed by atoms with Crippen LogP contribution in [0.2, 0.25) is 0 Å². The molecule has 0 spiro atoms. The molecule has 2 rings (SSSR count). The Morgan fingerprint density at radius 3 is 2.54 bits per heavy atom. The van der Waals surface area contributed by atoms with E-state index >= 15 is 0 Å². The van der Waals surface area contributed by atoms with Gasteiger partial charge in [0, 0.05) is 6.07 Å². The second-order valence-corrected chi connectivity index (χ2v) is 6.19. The molecule has 6 nitrogen and oxygen atoms in total. The number of fused-ring (bicyclic) bond motifs is 1. The number of phenols is 2. The van der Waals surface area contributed by atoms with Crippen molar-refractivity contribution in [2.45, 2.75) is 57.3 Å². The van der Waals surface area contributed by atoms with Crippen molar-refractivity contribution in [3.8, 4) is 11.5 Å². The second kappa shape index (κ2) is 8.17. The number of ether oxygens (including phenoxy) is 1. The molecule has 1 aromatic carbocycles. The highest BCUT2D eigenvalue weighted by molar-refractivity contribution is 5.97. The molecule has 132 valence electrons. The third-order valence-corrected chi connectivity index (χ3v) is 4.13. The summed E-state index contributed by atoms with van der Waals surface area (Å²) in [7, 11) is 0. The van der Waals surface area contributed by atoms with Crippen molar-refractivity contribution in [3.05, 3.63) is 29.3 Å². The number of aliphatic hydroxyl groups is 2. The number of benzene rings is 1. The maximum absolute atomic E-state index is 12.3. The standard InChI is InChI=1S/C18H24O6/c1-11-5-4-8-15(21)14(20)7-3-2-6-12-9-13(19)10-16(22)17(12)18(23)24-11/h2,6,9-11,14-15,19-22H,3-5,7-8H2,1H3/t11-,14+,15-/m0/s1. The molecule has 6 heteroatoms. The van der Waals surface area contributed by atoms with Gasteiger partial charge >= 0.3 is 5.97 Å². The zero-order valence-corrected chi connectivity index (χ0v) is 13.7. The zero-order valence-electron chi connectivity index (χ0n) is 13.7. The number of esters is 1. The third-order valence-electron chi connectivity index (χ3n) is 4.13. The summed E-state index contributed by atoms with van der Waals surface area (Å²) in [6.07, 6.45) is 3.75. The van der Waals surface area contributed by atoms with Gasteiger partial charge in [0.1, 0.15) is 17.1 Å². The van der Waals surface area contributed by atoms with E-state index in [0.29, 0.717) is 37.7 Å². The van der Waals surface area contributed by atoms with E-state index in [-0.39, 0.29) is 17.1 Å².